The maximum absolute atomic E-state index is 11.5. The topological polar surface area (TPSA) is 58.4 Å². The molecule has 3 N–H and O–H groups in total. The van der Waals surface area contributed by atoms with Gasteiger partial charge in [0.25, 0.3) is 0 Å². The van der Waals surface area contributed by atoms with Gasteiger partial charge >= 0.3 is 0 Å². The van der Waals surface area contributed by atoms with Crippen LogP contribution in [0.25, 0.3) is 0 Å². The zero-order valence-corrected chi connectivity index (χ0v) is 8.49. The summed E-state index contributed by atoms with van der Waals surface area (Å²) >= 11 is 0. The number of hydrogen-bond donors (Lipinski definition) is 2. The van der Waals surface area contributed by atoms with Crippen LogP contribution in [0.15, 0.2) is 0 Å². The molecule has 14 heavy (non-hydrogen) atoms. The summed E-state index contributed by atoms with van der Waals surface area (Å²) in [6.45, 7) is 3.86. The van der Waals surface area contributed by atoms with Gasteiger partial charge in [0, 0.05) is 19.1 Å². The van der Waals surface area contributed by atoms with Gasteiger partial charge in [0.1, 0.15) is 0 Å². The van der Waals surface area contributed by atoms with Crippen molar-refractivity contribution in [2.75, 3.05) is 19.6 Å². The Kier molecular flexibility index (Phi) is 3.93. The van der Waals surface area contributed by atoms with Crippen LogP contribution in [0, 0.1) is 12.3 Å². The van der Waals surface area contributed by atoms with Crippen molar-refractivity contribution in [3.63, 3.8) is 0 Å². The summed E-state index contributed by atoms with van der Waals surface area (Å²) in [5.74, 6) is 2.36. The Morgan fingerprint density at radius 1 is 1.86 bits per heavy atom. The molecule has 1 fully saturated rings. The van der Waals surface area contributed by atoms with Gasteiger partial charge in [0.15, 0.2) is 0 Å². The Bertz CT molecular complexity index is 246. The molecule has 1 rings (SSSR count). The molecule has 0 radical (unpaired) electrons. The summed E-state index contributed by atoms with van der Waals surface area (Å²) in [5.41, 5.74) is 5.76. The van der Waals surface area contributed by atoms with Crippen LogP contribution < -0.4 is 11.1 Å². The van der Waals surface area contributed by atoms with Crippen LogP contribution >= 0.6 is 0 Å². The van der Waals surface area contributed by atoms with Crippen molar-refractivity contribution in [2.45, 2.75) is 25.4 Å². The number of nitrogens with zero attached hydrogens (tertiary/aromatic N) is 1. The van der Waals surface area contributed by atoms with E-state index < -0.39 is 0 Å². The molecule has 0 bridgehead atoms. The first-order valence-electron chi connectivity index (χ1n) is 4.86. The summed E-state index contributed by atoms with van der Waals surface area (Å²) in [7, 11) is 0. The van der Waals surface area contributed by atoms with Gasteiger partial charge in [-0.1, -0.05) is 5.92 Å². The summed E-state index contributed by atoms with van der Waals surface area (Å²) < 4.78 is 0. The molecular weight excluding hydrogens is 178 g/mol. The Balaban J connectivity index is 2.37. The second kappa shape index (κ2) is 4.99. The van der Waals surface area contributed by atoms with Crippen LogP contribution in [0.5, 0.6) is 0 Å². The van der Waals surface area contributed by atoms with Crippen molar-refractivity contribution in [1.29, 1.82) is 0 Å². The molecule has 0 saturated carbocycles. The lowest BCUT2D eigenvalue weighted by Gasteiger charge is -2.22. The number of carbonyl (C=O) groups is 1. The minimum Gasteiger partial charge on any atom is -0.344 e. The Morgan fingerprint density at radius 2 is 2.57 bits per heavy atom. The van der Waals surface area contributed by atoms with Crippen LogP contribution in [0.1, 0.15) is 13.3 Å². The number of likely N-dealkylation sites (tertiary alicyclic amines) is 1. The lowest BCUT2D eigenvalue weighted by atomic mass is 10.2. The first-order valence-corrected chi connectivity index (χ1v) is 4.86. The van der Waals surface area contributed by atoms with Gasteiger partial charge in [-0.3, -0.25) is 9.69 Å². The monoisotopic (exact) mass is 195 g/mol. The second-order valence-corrected chi connectivity index (χ2v) is 3.64. The van der Waals surface area contributed by atoms with Gasteiger partial charge in [-0.05, 0) is 13.3 Å². The van der Waals surface area contributed by atoms with Crippen molar-refractivity contribution >= 4 is 5.91 Å². The molecule has 2 unspecified atom stereocenters. The normalized spacial score (nSPS) is 24.2. The summed E-state index contributed by atoms with van der Waals surface area (Å²) in [6, 6.07) is 0.0785. The molecule has 0 aromatic heterocycles. The van der Waals surface area contributed by atoms with Gasteiger partial charge in [-0.2, -0.15) is 0 Å². The third-order valence-electron chi connectivity index (χ3n) is 2.55. The molecule has 0 aromatic carbocycles. The molecule has 1 amide bonds. The van der Waals surface area contributed by atoms with E-state index in [1.807, 2.05) is 6.92 Å². The number of nitrogens with one attached hydrogen (secondary N) is 1. The zero-order valence-electron chi connectivity index (χ0n) is 8.49. The standard InChI is InChI=1S/C10H17N3O/c1-3-5-12-10(14)8(2)13-6-4-9(11)7-13/h1,8-9H,4-7,11H2,2H3,(H,12,14). The number of amides is 1. The fourth-order valence-electron chi connectivity index (χ4n) is 1.62. The molecule has 4 heteroatoms. The summed E-state index contributed by atoms with van der Waals surface area (Å²) in [5, 5.41) is 2.67. The number of terminal acetylenes is 1. The highest BCUT2D eigenvalue weighted by Gasteiger charge is 2.27. The van der Waals surface area contributed by atoms with E-state index in [-0.39, 0.29) is 18.0 Å². The Hall–Kier alpha value is -1.05. The average molecular weight is 195 g/mol. The quantitative estimate of drug-likeness (QED) is 0.577. The highest BCUT2D eigenvalue weighted by atomic mass is 16.2. The molecule has 1 aliphatic heterocycles. The van der Waals surface area contributed by atoms with Crippen LogP contribution in [0.4, 0.5) is 0 Å². The van der Waals surface area contributed by atoms with Gasteiger partial charge < -0.3 is 11.1 Å². The van der Waals surface area contributed by atoms with Gasteiger partial charge in [0.2, 0.25) is 5.91 Å². The van der Waals surface area contributed by atoms with E-state index in [9.17, 15) is 4.79 Å². The SMILES string of the molecule is C#CCNC(=O)C(C)N1CCC(N)C1. The lowest BCUT2D eigenvalue weighted by molar-refractivity contribution is -0.125. The Labute approximate surface area is 84.8 Å². The van der Waals surface area contributed by atoms with E-state index >= 15 is 0 Å². The molecular formula is C10H17N3O. The van der Waals surface area contributed by atoms with Crippen molar-refractivity contribution in [2.24, 2.45) is 5.73 Å². The summed E-state index contributed by atoms with van der Waals surface area (Å²) in [4.78, 5) is 13.6. The first-order chi connectivity index (χ1) is 6.65. The predicted octanol–water partition coefficient (Wildman–Crippen LogP) is -0.843. The highest BCUT2D eigenvalue weighted by Crippen LogP contribution is 2.10. The maximum Gasteiger partial charge on any atom is 0.237 e. The van der Waals surface area contributed by atoms with E-state index in [1.54, 1.807) is 0 Å². The molecule has 0 spiro atoms. The van der Waals surface area contributed by atoms with Gasteiger partial charge in [-0.25, -0.2) is 0 Å². The lowest BCUT2D eigenvalue weighted by Crippen LogP contribution is -2.44. The Morgan fingerprint density at radius 3 is 3.07 bits per heavy atom. The fourth-order valence-corrected chi connectivity index (χ4v) is 1.62. The van der Waals surface area contributed by atoms with Crippen LogP contribution in [0.3, 0.4) is 0 Å². The number of rotatable bonds is 3. The zero-order chi connectivity index (χ0) is 10.6. The van der Waals surface area contributed by atoms with E-state index in [2.05, 4.69) is 16.1 Å². The van der Waals surface area contributed by atoms with Gasteiger partial charge in [0.05, 0.1) is 12.6 Å². The minimum absolute atomic E-state index is 0.0166. The third-order valence-corrected chi connectivity index (χ3v) is 2.55. The number of hydrogen-bond acceptors (Lipinski definition) is 3. The molecule has 1 saturated heterocycles. The number of carbonyl (C=O) groups excluding carboxylic acids is 1. The van der Waals surface area contributed by atoms with Crippen molar-refractivity contribution in [1.82, 2.24) is 10.2 Å². The molecule has 1 heterocycles. The van der Waals surface area contributed by atoms with Gasteiger partial charge in [-0.15, -0.1) is 6.42 Å². The van der Waals surface area contributed by atoms with Crippen molar-refractivity contribution < 1.29 is 4.79 Å². The fraction of sp³-hybridized carbons (Fsp3) is 0.700. The highest BCUT2D eigenvalue weighted by molar-refractivity contribution is 5.81. The largest absolute Gasteiger partial charge is 0.344 e. The second-order valence-electron chi connectivity index (χ2n) is 3.64. The van der Waals surface area contributed by atoms with E-state index in [0.717, 1.165) is 19.5 Å². The average Bonchev–Trinajstić information content (AvgIpc) is 2.60. The van der Waals surface area contributed by atoms with Crippen LogP contribution in [-0.4, -0.2) is 42.5 Å². The molecule has 0 aliphatic carbocycles. The third kappa shape index (κ3) is 2.72. The summed E-state index contributed by atoms with van der Waals surface area (Å²) in [6.07, 6.45) is 6.02. The van der Waals surface area contributed by atoms with E-state index in [0.29, 0.717) is 6.54 Å². The molecule has 1 aliphatic rings. The van der Waals surface area contributed by atoms with E-state index in [4.69, 9.17) is 12.2 Å². The first kappa shape index (κ1) is 11.0. The van der Waals surface area contributed by atoms with Crippen molar-refractivity contribution in [3.8, 4) is 12.3 Å². The smallest absolute Gasteiger partial charge is 0.237 e. The maximum atomic E-state index is 11.5. The number of nitrogens with two attached hydrogens (primary N) is 1. The van der Waals surface area contributed by atoms with Crippen LogP contribution in [0.2, 0.25) is 0 Å². The molecule has 0 aromatic rings. The van der Waals surface area contributed by atoms with Crippen molar-refractivity contribution in [3.05, 3.63) is 0 Å². The predicted molar refractivity (Wildman–Crippen MR) is 55.5 cm³/mol. The van der Waals surface area contributed by atoms with E-state index in [1.165, 1.54) is 0 Å². The molecule has 78 valence electrons. The molecule has 4 nitrogen and oxygen atoms in total. The van der Waals surface area contributed by atoms with Crippen LogP contribution in [-0.2, 0) is 4.79 Å². The molecule has 2 atom stereocenters. The minimum atomic E-state index is -0.128.